The average Bonchev–Trinajstić information content (AvgIpc) is 2.96. The fraction of sp³-hybridized carbons (Fsp3) is 0.727. The molecule has 2 nitrogen and oxygen atoms in total. The van der Waals surface area contributed by atoms with Crippen molar-refractivity contribution in [2.75, 3.05) is 0 Å². The lowest BCUT2D eigenvalue weighted by Crippen LogP contribution is -1.97. The lowest BCUT2D eigenvalue weighted by atomic mass is 10.1. The Labute approximate surface area is 89.5 Å². The fourth-order valence-electron chi connectivity index (χ4n) is 1.59. The highest BCUT2D eigenvalue weighted by Gasteiger charge is 2.29. The maximum atomic E-state index is 5.74. The van der Waals surface area contributed by atoms with Crippen LogP contribution in [-0.2, 0) is 6.54 Å². The number of thiazole rings is 1. The van der Waals surface area contributed by atoms with Crippen LogP contribution < -0.4 is 5.73 Å². The van der Waals surface area contributed by atoms with Gasteiger partial charge in [0.1, 0.15) is 0 Å². The van der Waals surface area contributed by atoms with Crippen molar-refractivity contribution in [2.45, 2.75) is 51.5 Å². The quantitative estimate of drug-likeness (QED) is 0.829. The molecule has 1 aromatic heterocycles. The molecule has 2 rings (SSSR count). The molecule has 1 aliphatic carbocycles. The van der Waals surface area contributed by atoms with E-state index in [2.05, 4.69) is 13.8 Å². The molecule has 0 amide bonds. The first-order valence-corrected chi connectivity index (χ1v) is 6.27. The van der Waals surface area contributed by atoms with E-state index in [0.717, 1.165) is 5.92 Å². The third-order valence-electron chi connectivity index (χ3n) is 2.93. The van der Waals surface area contributed by atoms with Gasteiger partial charge in [-0.3, -0.25) is 0 Å². The molecule has 0 spiro atoms. The first-order valence-electron chi connectivity index (χ1n) is 5.45. The van der Waals surface area contributed by atoms with Crippen molar-refractivity contribution >= 4 is 11.3 Å². The zero-order valence-corrected chi connectivity index (χ0v) is 9.73. The number of nitrogens with two attached hydrogens (primary N) is 1. The van der Waals surface area contributed by atoms with E-state index in [1.165, 1.54) is 34.8 Å². The van der Waals surface area contributed by atoms with Gasteiger partial charge >= 0.3 is 0 Å². The fourth-order valence-corrected chi connectivity index (χ4v) is 2.75. The number of aromatic nitrogens is 1. The van der Waals surface area contributed by atoms with E-state index in [0.29, 0.717) is 12.5 Å². The van der Waals surface area contributed by atoms with Crippen LogP contribution in [0.15, 0.2) is 0 Å². The molecule has 78 valence electrons. The molecule has 0 bridgehead atoms. The van der Waals surface area contributed by atoms with Gasteiger partial charge in [-0.15, -0.1) is 11.3 Å². The second-order valence-corrected chi connectivity index (χ2v) is 5.26. The third-order valence-corrected chi connectivity index (χ3v) is 4.25. The molecule has 1 aromatic rings. The molecule has 0 aliphatic heterocycles. The number of nitrogens with zero attached hydrogens (tertiary/aromatic N) is 1. The zero-order chi connectivity index (χ0) is 10.1. The molecule has 0 radical (unpaired) electrons. The third kappa shape index (κ3) is 1.84. The largest absolute Gasteiger partial charge is 0.326 e. The van der Waals surface area contributed by atoms with E-state index >= 15 is 0 Å². The van der Waals surface area contributed by atoms with Crippen molar-refractivity contribution in [1.29, 1.82) is 0 Å². The van der Waals surface area contributed by atoms with Gasteiger partial charge in [-0.2, -0.15) is 0 Å². The molecule has 1 saturated carbocycles. The molecule has 1 fully saturated rings. The number of hydrogen-bond donors (Lipinski definition) is 1. The van der Waals surface area contributed by atoms with Gasteiger partial charge in [-0.25, -0.2) is 4.98 Å². The molecule has 1 unspecified atom stereocenters. The van der Waals surface area contributed by atoms with Crippen LogP contribution in [0.3, 0.4) is 0 Å². The van der Waals surface area contributed by atoms with E-state index in [1.54, 1.807) is 0 Å². The van der Waals surface area contributed by atoms with Gasteiger partial charge in [0.05, 0.1) is 10.7 Å². The molecular weight excluding hydrogens is 192 g/mol. The summed E-state index contributed by atoms with van der Waals surface area (Å²) in [6.45, 7) is 5.13. The minimum absolute atomic E-state index is 0.595. The van der Waals surface area contributed by atoms with Crippen LogP contribution in [0.4, 0.5) is 0 Å². The first-order chi connectivity index (χ1) is 6.76. The minimum Gasteiger partial charge on any atom is -0.326 e. The molecule has 2 N–H and O–H groups in total. The lowest BCUT2D eigenvalue weighted by molar-refractivity contribution is 0.721. The normalized spacial score (nSPS) is 18.5. The summed E-state index contributed by atoms with van der Waals surface area (Å²) in [5.74, 6) is 1.33. The highest BCUT2D eigenvalue weighted by Crippen LogP contribution is 2.43. The van der Waals surface area contributed by atoms with E-state index in [-0.39, 0.29) is 0 Å². The Balaban J connectivity index is 2.26. The summed E-state index contributed by atoms with van der Waals surface area (Å²) in [5.41, 5.74) is 7.05. The Morgan fingerprint density at radius 2 is 2.29 bits per heavy atom. The van der Waals surface area contributed by atoms with E-state index in [4.69, 9.17) is 10.7 Å². The predicted octanol–water partition coefficient (Wildman–Crippen LogP) is 2.99. The molecule has 3 heteroatoms. The number of hydrogen-bond acceptors (Lipinski definition) is 3. The second-order valence-electron chi connectivity index (χ2n) is 4.15. The van der Waals surface area contributed by atoms with Crippen molar-refractivity contribution in [2.24, 2.45) is 5.73 Å². The topological polar surface area (TPSA) is 38.9 Å². The summed E-state index contributed by atoms with van der Waals surface area (Å²) < 4.78 is 0. The Hall–Kier alpha value is -0.410. The van der Waals surface area contributed by atoms with Gasteiger partial charge in [0, 0.05) is 23.3 Å². The SMILES string of the molecule is CCC(C)c1nc(C2CC2)c(CN)s1. The standard InChI is InChI=1S/C11H18N2S/c1-3-7(2)11-13-10(8-4-5-8)9(6-12)14-11/h7-8H,3-6,12H2,1-2H3. The molecule has 1 aliphatic rings. The Morgan fingerprint density at radius 1 is 1.57 bits per heavy atom. The highest BCUT2D eigenvalue weighted by atomic mass is 32.1. The highest BCUT2D eigenvalue weighted by molar-refractivity contribution is 7.11. The van der Waals surface area contributed by atoms with Gasteiger partial charge in [0.2, 0.25) is 0 Å². The molecular formula is C11H18N2S. The lowest BCUT2D eigenvalue weighted by Gasteiger charge is -2.01. The molecule has 14 heavy (non-hydrogen) atoms. The summed E-state index contributed by atoms with van der Waals surface area (Å²) in [6, 6.07) is 0. The van der Waals surface area contributed by atoms with Crippen LogP contribution in [0.25, 0.3) is 0 Å². The van der Waals surface area contributed by atoms with Crippen molar-refractivity contribution < 1.29 is 0 Å². The maximum absolute atomic E-state index is 5.74. The summed E-state index contributed by atoms with van der Waals surface area (Å²) in [5, 5.41) is 1.29. The van der Waals surface area contributed by atoms with Crippen LogP contribution in [0, 0.1) is 0 Å². The van der Waals surface area contributed by atoms with Crippen LogP contribution in [0.1, 0.15) is 60.5 Å². The van der Waals surface area contributed by atoms with Crippen molar-refractivity contribution in [1.82, 2.24) is 4.98 Å². The maximum Gasteiger partial charge on any atom is 0.0959 e. The Morgan fingerprint density at radius 3 is 2.79 bits per heavy atom. The van der Waals surface area contributed by atoms with E-state index in [9.17, 15) is 0 Å². The Bertz CT molecular complexity index is 315. The minimum atomic E-state index is 0.595. The zero-order valence-electron chi connectivity index (χ0n) is 8.92. The van der Waals surface area contributed by atoms with Crippen LogP contribution in [-0.4, -0.2) is 4.98 Å². The van der Waals surface area contributed by atoms with Crippen LogP contribution >= 0.6 is 11.3 Å². The summed E-state index contributed by atoms with van der Waals surface area (Å²) in [4.78, 5) is 6.07. The first kappa shape index (κ1) is 10.1. The molecule has 1 atom stereocenters. The van der Waals surface area contributed by atoms with Crippen molar-refractivity contribution in [3.63, 3.8) is 0 Å². The number of rotatable bonds is 4. The van der Waals surface area contributed by atoms with Gasteiger partial charge in [0.25, 0.3) is 0 Å². The summed E-state index contributed by atoms with van der Waals surface area (Å²) in [6.07, 6.45) is 3.80. The van der Waals surface area contributed by atoms with Crippen LogP contribution in [0.5, 0.6) is 0 Å². The molecule has 0 aromatic carbocycles. The summed E-state index contributed by atoms with van der Waals surface area (Å²) >= 11 is 1.82. The average molecular weight is 210 g/mol. The van der Waals surface area contributed by atoms with Crippen LogP contribution in [0.2, 0.25) is 0 Å². The summed E-state index contributed by atoms with van der Waals surface area (Å²) in [7, 11) is 0. The van der Waals surface area contributed by atoms with E-state index < -0.39 is 0 Å². The second kappa shape index (κ2) is 3.99. The van der Waals surface area contributed by atoms with Crippen molar-refractivity contribution in [3.8, 4) is 0 Å². The van der Waals surface area contributed by atoms with Gasteiger partial charge in [-0.1, -0.05) is 13.8 Å². The predicted molar refractivity (Wildman–Crippen MR) is 60.7 cm³/mol. The monoisotopic (exact) mass is 210 g/mol. The molecule has 0 saturated heterocycles. The van der Waals surface area contributed by atoms with Gasteiger partial charge in [0.15, 0.2) is 0 Å². The smallest absolute Gasteiger partial charge is 0.0959 e. The molecule has 1 heterocycles. The van der Waals surface area contributed by atoms with Gasteiger partial charge in [-0.05, 0) is 19.3 Å². The van der Waals surface area contributed by atoms with E-state index in [1.807, 2.05) is 11.3 Å². The van der Waals surface area contributed by atoms with Crippen molar-refractivity contribution in [3.05, 3.63) is 15.6 Å². The van der Waals surface area contributed by atoms with Gasteiger partial charge < -0.3 is 5.73 Å². The Kier molecular flexibility index (Phi) is 2.88.